The number of primary amides is 1. The highest BCUT2D eigenvalue weighted by atomic mass is 16.7. The molecule has 6 rings (SSSR count). The fourth-order valence-electron chi connectivity index (χ4n) is 6.08. The molecule has 2 aliphatic heterocycles. The van der Waals surface area contributed by atoms with E-state index in [1.54, 1.807) is 56.2 Å². The van der Waals surface area contributed by atoms with E-state index in [1.807, 2.05) is 18.2 Å². The van der Waals surface area contributed by atoms with Gasteiger partial charge >= 0.3 is 0 Å². The van der Waals surface area contributed by atoms with Crippen LogP contribution >= 0.6 is 0 Å². The molecule has 0 radical (unpaired) electrons. The molecule has 2 aromatic carbocycles. The van der Waals surface area contributed by atoms with E-state index < -0.39 is 29.8 Å². The van der Waals surface area contributed by atoms with Gasteiger partial charge in [0, 0.05) is 11.8 Å². The Labute approximate surface area is 225 Å². The molecule has 9 nitrogen and oxygen atoms in total. The summed E-state index contributed by atoms with van der Waals surface area (Å²) in [6.45, 7) is 3.61. The first-order valence-electron chi connectivity index (χ1n) is 13.0. The van der Waals surface area contributed by atoms with Gasteiger partial charge in [0.15, 0.2) is 17.3 Å². The smallest absolute Gasteiger partial charge is 0.240 e. The molecule has 1 aromatic heterocycles. The van der Waals surface area contributed by atoms with Crippen molar-refractivity contribution in [3.63, 3.8) is 0 Å². The Balaban J connectivity index is 1.58. The first-order chi connectivity index (χ1) is 18.8. The first kappa shape index (κ1) is 25.0. The summed E-state index contributed by atoms with van der Waals surface area (Å²) < 4.78 is 22.2. The maximum absolute atomic E-state index is 14.5. The van der Waals surface area contributed by atoms with E-state index in [4.69, 9.17) is 24.4 Å². The minimum atomic E-state index is -1.04. The highest BCUT2D eigenvalue weighted by molar-refractivity contribution is 6.02. The van der Waals surface area contributed by atoms with Gasteiger partial charge in [0.05, 0.1) is 24.6 Å². The number of likely N-dealkylation sites (tertiary alicyclic amines) is 1. The van der Waals surface area contributed by atoms with Crippen LogP contribution in [-0.4, -0.2) is 42.4 Å². The normalized spacial score (nSPS) is 23.6. The SMILES string of the molecule is COc1ccc(C2C(C(=O)c3cc(C)oc3C)C(c3ccc4c(c3)OCO4)N(C(=O)C3CC3)C2C(N)=O)cc1. The lowest BCUT2D eigenvalue weighted by molar-refractivity contribution is -0.140. The zero-order chi connectivity index (χ0) is 27.4. The topological polar surface area (TPSA) is 121 Å². The minimum Gasteiger partial charge on any atom is -0.497 e. The molecule has 0 spiro atoms. The van der Waals surface area contributed by atoms with Gasteiger partial charge in [-0.15, -0.1) is 0 Å². The average Bonchev–Trinajstić information content (AvgIpc) is 3.42. The van der Waals surface area contributed by atoms with E-state index in [1.165, 1.54) is 0 Å². The number of rotatable bonds is 7. The molecule has 4 atom stereocenters. The third kappa shape index (κ3) is 4.22. The minimum absolute atomic E-state index is 0.0857. The van der Waals surface area contributed by atoms with Gasteiger partial charge in [0.2, 0.25) is 18.6 Å². The van der Waals surface area contributed by atoms with Crippen molar-refractivity contribution in [2.75, 3.05) is 13.9 Å². The number of carbonyl (C=O) groups excluding carboxylic acids is 3. The van der Waals surface area contributed by atoms with Crippen LogP contribution in [0, 0.1) is 25.7 Å². The number of amides is 2. The maximum Gasteiger partial charge on any atom is 0.240 e. The number of benzene rings is 2. The standard InChI is InChI=1S/C30H30N2O7/c1-15-12-21(16(2)39-15)28(33)25-24(17-6-9-20(36-3)10-7-17)27(29(31)34)32(30(35)18-4-5-18)26(25)19-8-11-22-23(13-19)38-14-37-22/h6-13,18,24-27H,4-5,14H2,1-3H3,(H2,31,34). The first-order valence-corrected chi connectivity index (χ1v) is 13.0. The molecule has 1 saturated heterocycles. The number of hydrogen-bond donors (Lipinski definition) is 1. The van der Waals surface area contributed by atoms with E-state index >= 15 is 0 Å². The molecule has 39 heavy (non-hydrogen) atoms. The van der Waals surface area contributed by atoms with Crippen molar-refractivity contribution in [2.45, 2.75) is 44.7 Å². The van der Waals surface area contributed by atoms with Gasteiger partial charge in [-0.05, 0) is 68.1 Å². The van der Waals surface area contributed by atoms with Gasteiger partial charge < -0.3 is 29.3 Å². The number of hydrogen-bond acceptors (Lipinski definition) is 7. The van der Waals surface area contributed by atoms with Crippen molar-refractivity contribution in [3.8, 4) is 17.2 Å². The number of furan rings is 1. The largest absolute Gasteiger partial charge is 0.497 e. The van der Waals surface area contributed by atoms with E-state index in [2.05, 4.69) is 0 Å². The summed E-state index contributed by atoms with van der Waals surface area (Å²) in [5.74, 6) is 0.0524. The lowest BCUT2D eigenvalue weighted by Crippen LogP contribution is -2.47. The average molecular weight is 531 g/mol. The number of carbonyl (C=O) groups is 3. The van der Waals surface area contributed by atoms with Crippen LogP contribution in [0.5, 0.6) is 17.2 Å². The molecule has 202 valence electrons. The third-order valence-corrected chi connectivity index (χ3v) is 7.99. The van der Waals surface area contributed by atoms with Crippen molar-refractivity contribution in [2.24, 2.45) is 17.6 Å². The Kier molecular flexibility index (Phi) is 6.09. The number of nitrogens with zero attached hydrogens (tertiary/aromatic N) is 1. The Hall–Kier alpha value is -4.27. The molecule has 1 saturated carbocycles. The Morgan fingerprint density at radius 1 is 0.949 bits per heavy atom. The third-order valence-electron chi connectivity index (χ3n) is 7.99. The monoisotopic (exact) mass is 530 g/mol. The predicted molar refractivity (Wildman–Crippen MR) is 140 cm³/mol. The molecule has 3 aliphatic rings. The van der Waals surface area contributed by atoms with Gasteiger partial charge in [-0.25, -0.2) is 0 Å². The van der Waals surface area contributed by atoms with Crippen LogP contribution in [0.15, 0.2) is 52.9 Å². The molecule has 2 N–H and O–H groups in total. The van der Waals surface area contributed by atoms with Crippen molar-refractivity contribution in [3.05, 3.63) is 76.7 Å². The van der Waals surface area contributed by atoms with Crippen LogP contribution in [0.2, 0.25) is 0 Å². The number of Topliss-reactive ketones (excluding diaryl/α,β-unsaturated/α-hetero) is 1. The number of ketones is 1. The van der Waals surface area contributed by atoms with Crippen LogP contribution < -0.4 is 19.9 Å². The fourth-order valence-corrected chi connectivity index (χ4v) is 6.08. The van der Waals surface area contributed by atoms with Crippen LogP contribution in [0.25, 0.3) is 0 Å². The second-order valence-corrected chi connectivity index (χ2v) is 10.4. The summed E-state index contributed by atoms with van der Waals surface area (Å²) in [6, 6.07) is 12.5. The predicted octanol–water partition coefficient (Wildman–Crippen LogP) is 4.06. The van der Waals surface area contributed by atoms with Crippen molar-refractivity contribution < 1.29 is 33.0 Å². The lowest BCUT2D eigenvalue weighted by Gasteiger charge is -2.31. The summed E-state index contributed by atoms with van der Waals surface area (Å²) in [7, 11) is 1.57. The molecule has 2 fully saturated rings. The van der Waals surface area contributed by atoms with Crippen LogP contribution in [0.3, 0.4) is 0 Å². The molecule has 3 heterocycles. The number of ether oxygens (including phenoxy) is 3. The summed E-state index contributed by atoms with van der Waals surface area (Å²) >= 11 is 0. The van der Waals surface area contributed by atoms with Gasteiger partial charge in [-0.2, -0.15) is 0 Å². The van der Waals surface area contributed by atoms with E-state index in [0.29, 0.717) is 45.5 Å². The fraction of sp³-hybridized carbons (Fsp3) is 0.367. The van der Waals surface area contributed by atoms with Crippen LogP contribution in [0.1, 0.15) is 57.8 Å². The molecule has 4 unspecified atom stereocenters. The van der Waals surface area contributed by atoms with Crippen molar-refractivity contribution in [1.29, 1.82) is 0 Å². The molecule has 0 bridgehead atoms. The molecule has 2 amide bonds. The van der Waals surface area contributed by atoms with E-state index in [9.17, 15) is 14.4 Å². The Morgan fingerprint density at radius 3 is 2.26 bits per heavy atom. The Bertz CT molecular complexity index is 1460. The summed E-state index contributed by atoms with van der Waals surface area (Å²) in [5.41, 5.74) is 7.87. The van der Waals surface area contributed by atoms with Gasteiger partial charge in [-0.1, -0.05) is 18.2 Å². The maximum atomic E-state index is 14.5. The highest BCUT2D eigenvalue weighted by Gasteiger charge is 2.58. The zero-order valence-electron chi connectivity index (χ0n) is 22.0. The quantitative estimate of drug-likeness (QED) is 0.457. The van der Waals surface area contributed by atoms with Gasteiger partial charge in [0.1, 0.15) is 23.3 Å². The van der Waals surface area contributed by atoms with Gasteiger partial charge in [-0.3, -0.25) is 14.4 Å². The molecular formula is C30H30N2O7. The molecule has 3 aromatic rings. The molecule has 1 aliphatic carbocycles. The van der Waals surface area contributed by atoms with E-state index in [0.717, 1.165) is 12.8 Å². The molecular weight excluding hydrogens is 500 g/mol. The van der Waals surface area contributed by atoms with Crippen LogP contribution in [0.4, 0.5) is 0 Å². The van der Waals surface area contributed by atoms with Crippen molar-refractivity contribution >= 4 is 17.6 Å². The Morgan fingerprint density at radius 2 is 1.64 bits per heavy atom. The second kappa shape index (κ2) is 9.48. The van der Waals surface area contributed by atoms with Crippen molar-refractivity contribution in [1.82, 2.24) is 4.90 Å². The van der Waals surface area contributed by atoms with Gasteiger partial charge in [0.25, 0.3) is 0 Å². The summed E-state index contributed by atoms with van der Waals surface area (Å²) in [5, 5.41) is 0. The number of fused-ring (bicyclic) bond motifs is 1. The highest BCUT2D eigenvalue weighted by Crippen LogP contribution is 2.54. The van der Waals surface area contributed by atoms with E-state index in [-0.39, 0.29) is 24.4 Å². The number of aryl methyl sites for hydroxylation is 2. The summed E-state index contributed by atoms with van der Waals surface area (Å²) in [4.78, 5) is 43.2. The second-order valence-electron chi connectivity index (χ2n) is 10.4. The summed E-state index contributed by atoms with van der Waals surface area (Å²) in [6.07, 6.45) is 1.47. The zero-order valence-corrected chi connectivity index (χ0v) is 22.0. The molecule has 9 heteroatoms. The lowest BCUT2D eigenvalue weighted by atomic mass is 9.76. The number of methoxy groups -OCH3 is 1. The van der Waals surface area contributed by atoms with Crippen LogP contribution in [-0.2, 0) is 9.59 Å². The number of nitrogens with two attached hydrogens (primary N) is 1.